The van der Waals surface area contributed by atoms with Crippen LogP contribution in [0.1, 0.15) is 12.8 Å². The average Bonchev–Trinajstić information content (AvgIpc) is 3.00. The molecular formula is C10H12Cl2N2O. The molecule has 0 unspecified atom stereocenters. The molecule has 0 amide bonds. The molecule has 5 heteroatoms. The Morgan fingerprint density at radius 1 is 1.47 bits per heavy atom. The number of hydrogen-bond acceptors (Lipinski definition) is 3. The van der Waals surface area contributed by atoms with E-state index in [1.807, 2.05) is 0 Å². The fourth-order valence-electron chi connectivity index (χ4n) is 1.21. The van der Waals surface area contributed by atoms with E-state index in [4.69, 9.17) is 27.9 Å². The zero-order chi connectivity index (χ0) is 10.8. The Labute approximate surface area is 98.7 Å². The molecule has 82 valence electrons. The minimum absolute atomic E-state index is 0.456. The number of anilines is 1. The molecular weight excluding hydrogens is 235 g/mol. The van der Waals surface area contributed by atoms with E-state index in [0.29, 0.717) is 34.3 Å². The highest BCUT2D eigenvalue weighted by Crippen LogP contribution is 2.33. The van der Waals surface area contributed by atoms with E-state index in [1.165, 1.54) is 12.8 Å². The first-order valence-corrected chi connectivity index (χ1v) is 5.63. The van der Waals surface area contributed by atoms with Gasteiger partial charge in [-0.1, -0.05) is 23.2 Å². The van der Waals surface area contributed by atoms with Crippen LogP contribution < -0.4 is 10.1 Å². The van der Waals surface area contributed by atoms with Crippen LogP contribution >= 0.6 is 23.2 Å². The van der Waals surface area contributed by atoms with Gasteiger partial charge in [-0.2, -0.15) is 4.98 Å². The molecule has 15 heavy (non-hydrogen) atoms. The van der Waals surface area contributed by atoms with Crippen molar-refractivity contribution in [2.75, 3.05) is 19.0 Å². The lowest BCUT2D eigenvalue weighted by Gasteiger charge is -2.09. The van der Waals surface area contributed by atoms with Crippen LogP contribution in [0.3, 0.4) is 0 Å². The van der Waals surface area contributed by atoms with Crippen LogP contribution in [0, 0.1) is 5.92 Å². The molecule has 1 N–H and O–H groups in total. The Balaban J connectivity index is 2.13. The molecule has 0 atom stereocenters. The molecule has 0 aromatic carbocycles. The maximum absolute atomic E-state index is 5.96. The molecule has 1 aromatic rings. The summed E-state index contributed by atoms with van der Waals surface area (Å²) < 4.78 is 5.52. The van der Waals surface area contributed by atoms with Crippen molar-refractivity contribution >= 4 is 29.0 Å². The molecule has 1 aliphatic rings. The Morgan fingerprint density at radius 2 is 2.20 bits per heavy atom. The van der Waals surface area contributed by atoms with E-state index in [2.05, 4.69) is 10.3 Å². The van der Waals surface area contributed by atoms with Crippen molar-refractivity contribution in [1.29, 1.82) is 0 Å². The molecule has 1 aliphatic carbocycles. The second kappa shape index (κ2) is 4.45. The molecule has 1 heterocycles. The molecule has 3 nitrogen and oxygen atoms in total. The Morgan fingerprint density at radius 3 is 2.80 bits per heavy atom. The molecule has 1 saturated carbocycles. The number of nitrogens with one attached hydrogen (secondary N) is 1. The van der Waals surface area contributed by atoms with Gasteiger partial charge in [0.05, 0.1) is 11.6 Å². The first-order valence-electron chi connectivity index (χ1n) is 4.87. The summed E-state index contributed by atoms with van der Waals surface area (Å²) in [6.45, 7) is 0.692. The summed E-state index contributed by atoms with van der Waals surface area (Å²) in [7, 11) is 1.76. The molecule has 1 fully saturated rings. The Kier molecular flexibility index (Phi) is 3.22. The van der Waals surface area contributed by atoms with Crippen molar-refractivity contribution in [3.8, 4) is 5.88 Å². The number of ether oxygens (including phenoxy) is 1. The topological polar surface area (TPSA) is 34.2 Å². The number of aromatic nitrogens is 1. The van der Waals surface area contributed by atoms with Crippen LogP contribution in [0.4, 0.5) is 5.82 Å². The van der Waals surface area contributed by atoms with Gasteiger partial charge in [-0.05, 0) is 24.8 Å². The van der Waals surface area contributed by atoms with Gasteiger partial charge in [0.25, 0.3) is 0 Å². The summed E-state index contributed by atoms with van der Waals surface area (Å²) in [5.41, 5.74) is 0. The number of halogens is 2. The minimum Gasteiger partial charge on any atom is -0.476 e. The predicted octanol–water partition coefficient (Wildman–Crippen LogP) is 3.22. The summed E-state index contributed by atoms with van der Waals surface area (Å²) in [5.74, 6) is 1.72. The van der Waals surface area contributed by atoms with E-state index in [0.717, 1.165) is 0 Å². The van der Waals surface area contributed by atoms with Gasteiger partial charge in [0, 0.05) is 7.05 Å². The zero-order valence-corrected chi connectivity index (χ0v) is 9.90. The highest BCUT2D eigenvalue weighted by atomic mass is 35.5. The summed E-state index contributed by atoms with van der Waals surface area (Å²) in [4.78, 5) is 4.19. The van der Waals surface area contributed by atoms with Gasteiger partial charge >= 0.3 is 0 Å². The lowest BCUT2D eigenvalue weighted by Crippen LogP contribution is -2.03. The lowest BCUT2D eigenvalue weighted by molar-refractivity contribution is 0.289. The summed E-state index contributed by atoms with van der Waals surface area (Å²) >= 11 is 11.9. The van der Waals surface area contributed by atoms with Gasteiger partial charge in [-0.3, -0.25) is 0 Å². The van der Waals surface area contributed by atoms with Crippen LogP contribution in [-0.4, -0.2) is 18.6 Å². The fourth-order valence-corrected chi connectivity index (χ4v) is 1.72. The van der Waals surface area contributed by atoms with Gasteiger partial charge in [0.1, 0.15) is 10.8 Å². The number of pyridine rings is 1. The van der Waals surface area contributed by atoms with Crippen molar-refractivity contribution in [2.24, 2.45) is 5.92 Å². The number of hydrogen-bond donors (Lipinski definition) is 1. The molecule has 0 spiro atoms. The third-order valence-corrected chi connectivity index (χ3v) is 2.85. The van der Waals surface area contributed by atoms with Crippen molar-refractivity contribution in [1.82, 2.24) is 4.98 Å². The summed E-state index contributed by atoms with van der Waals surface area (Å²) in [6, 6.07) is 1.64. The lowest BCUT2D eigenvalue weighted by atomic mass is 10.4. The third-order valence-electron chi connectivity index (χ3n) is 2.29. The third kappa shape index (κ3) is 2.67. The Hall–Kier alpha value is -0.670. The number of nitrogens with zero attached hydrogens (tertiary/aromatic N) is 1. The van der Waals surface area contributed by atoms with Crippen molar-refractivity contribution < 1.29 is 4.74 Å². The molecule has 2 rings (SSSR count). The Bertz CT molecular complexity index is 367. The van der Waals surface area contributed by atoms with Gasteiger partial charge in [0.2, 0.25) is 5.88 Å². The maximum atomic E-state index is 5.96. The smallest absolute Gasteiger partial charge is 0.234 e. The van der Waals surface area contributed by atoms with Crippen LogP contribution in [0.25, 0.3) is 0 Å². The van der Waals surface area contributed by atoms with E-state index in [-0.39, 0.29) is 0 Å². The van der Waals surface area contributed by atoms with Crippen LogP contribution in [0.15, 0.2) is 6.07 Å². The van der Waals surface area contributed by atoms with E-state index < -0.39 is 0 Å². The average molecular weight is 247 g/mol. The summed E-state index contributed by atoms with van der Waals surface area (Å²) in [5, 5.41) is 3.84. The molecule has 1 aromatic heterocycles. The largest absolute Gasteiger partial charge is 0.476 e. The number of rotatable bonds is 4. The maximum Gasteiger partial charge on any atom is 0.234 e. The molecule has 0 aliphatic heterocycles. The van der Waals surface area contributed by atoms with Crippen LogP contribution in [0.5, 0.6) is 5.88 Å². The monoisotopic (exact) mass is 246 g/mol. The second-order valence-electron chi connectivity index (χ2n) is 3.61. The highest BCUT2D eigenvalue weighted by molar-refractivity contribution is 6.36. The van der Waals surface area contributed by atoms with Crippen molar-refractivity contribution in [2.45, 2.75) is 12.8 Å². The highest BCUT2D eigenvalue weighted by Gasteiger charge is 2.22. The van der Waals surface area contributed by atoms with Crippen LogP contribution in [-0.2, 0) is 0 Å². The van der Waals surface area contributed by atoms with Gasteiger partial charge in [-0.15, -0.1) is 0 Å². The van der Waals surface area contributed by atoms with Gasteiger partial charge in [0.15, 0.2) is 0 Å². The standard InChI is InChI=1S/C10H12Cl2N2O/c1-13-9-7(11)4-8(12)10(14-9)15-5-6-2-3-6/h4,6H,2-3,5H2,1H3,(H,13,14). The molecule has 0 saturated heterocycles. The van der Waals surface area contributed by atoms with E-state index in [1.54, 1.807) is 13.1 Å². The molecule has 0 radical (unpaired) electrons. The minimum atomic E-state index is 0.456. The first kappa shape index (κ1) is 10.8. The van der Waals surface area contributed by atoms with E-state index >= 15 is 0 Å². The van der Waals surface area contributed by atoms with Gasteiger partial charge < -0.3 is 10.1 Å². The summed E-state index contributed by atoms with van der Waals surface area (Å²) in [6.07, 6.45) is 2.48. The quantitative estimate of drug-likeness (QED) is 0.886. The SMILES string of the molecule is CNc1nc(OCC2CC2)c(Cl)cc1Cl. The predicted molar refractivity (Wildman–Crippen MR) is 62.0 cm³/mol. The normalized spacial score (nSPS) is 15.1. The van der Waals surface area contributed by atoms with Crippen molar-refractivity contribution in [3.05, 3.63) is 16.1 Å². The van der Waals surface area contributed by atoms with Crippen LogP contribution in [0.2, 0.25) is 10.0 Å². The first-order chi connectivity index (χ1) is 7.20. The fraction of sp³-hybridized carbons (Fsp3) is 0.500. The van der Waals surface area contributed by atoms with Gasteiger partial charge in [-0.25, -0.2) is 0 Å². The van der Waals surface area contributed by atoms with Crippen molar-refractivity contribution in [3.63, 3.8) is 0 Å². The molecule has 0 bridgehead atoms. The second-order valence-corrected chi connectivity index (χ2v) is 4.42. The zero-order valence-electron chi connectivity index (χ0n) is 8.39. The van der Waals surface area contributed by atoms with E-state index in [9.17, 15) is 0 Å².